The van der Waals surface area contributed by atoms with E-state index in [9.17, 15) is 18.4 Å². The third kappa shape index (κ3) is 2.30. The quantitative estimate of drug-likeness (QED) is 0.893. The van der Waals surface area contributed by atoms with Crippen LogP contribution < -0.4 is 0 Å². The molecular weight excluding hydrogens is 256 g/mol. The molecule has 0 saturated carbocycles. The summed E-state index contributed by atoms with van der Waals surface area (Å²) in [4.78, 5) is 24.2. The third-order valence-electron chi connectivity index (χ3n) is 3.30. The second kappa shape index (κ2) is 4.95. The summed E-state index contributed by atoms with van der Waals surface area (Å²) < 4.78 is 27.5. The van der Waals surface area contributed by atoms with Crippen molar-refractivity contribution >= 4 is 11.9 Å². The van der Waals surface area contributed by atoms with Gasteiger partial charge < -0.3 is 10.0 Å². The molecule has 0 unspecified atom stereocenters. The summed E-state index contributed by atoms with van der Waals surface area (Å²) >= 11 is 0. The number of amides is 1. The first-order valence-corrected chi connectivity index (χ1v) is 5.92. The van der Waals surface area contributed by atoms with E-state index in [4.69, 9.17) is 5.11 Å². The number of likely N-dealkylation sites (tertiary alicyclic amines) is 1. The minimum Gasteiger partial charge on any atom is -0.480 e. The predicted octanol–water partition coefficient (Wildman–Crippen LogP) is 1.96. The van der Waals surface area contributed by atoms with Crippen LogP contribution in [0.15, 0.2) is 12.1 Å². The number of carboxylic acid groups (broad SMARTS) is 1. The first-order chi connectivity index (χ1) is 8.93. The van der Waals surface area contributed by atoms with E-state index >= 15 is 0 Å². The number of carbonyl (C=O) groups is 2. The van der Waals surface area contributed by atoms with Crippen molar-refractivity contribution in [2.24, 2.45) is 0 Å². The number of aliphatic carboxylic acids is 1. The molecule has 6 heteroatoms. The summed E-state index contributed by atoms with van der Waals surface area (Å²) in [6.07, 6.45) is 0.813. The van der Waals surface area contributed by atoms with Gasteiger partial charge in [0.2, 0.25) is 0 Å². The first kappa shape index (κ1) is 13.5. The third-order valence-corrected chi connectivity index (χ3v) is 3.30. The van der Waals surface area contributed by atoms with E-state index in [0.717, 1.165) is 11.0 Å². The van der Waals surface area contributed by atoms with Gasteiger partial charge in [-0.1, -0.05) is 6.07 Å². The summed E-state index contributed by atoms with van der Waals surface area (Å²) in [7, 11) is 0. The number of hydrogen-bond donors (Lipinski definition) is 1. The molecule has 1 aliphatic rings. The summed E-state index contributed by atoms with van der Waals surface area (Å²) in [5.41, 5.74) is -0.524. The Morgan fingerprint density at radius 1 is 1.37 bits per heavy atom. The molecule has 1 N–H and O–H groups in total. The summed E-state index contributed by atoms with van der Waals surface area (Å²) in [6, 6.07) is 1.24. The van der Waals surface area contributed by atoms with Crippen molar-refractivity contribution in [3.05, 3.63) is 34.9 Å². The van der Waals surface area contributed by atoms with E-state index in [2.05, 4.69) is 0 Å². The summed E-state index contributed by atoms with van der Waals surface area (Å²) in [5, 5.41) is 8.99. The highest BCUT2D eigenvalue weighted by molar-refractivity contribution is 5.97. The molecule has 1 heterocycles. The molecule has 1 aromatic carbocycles. The molecule has 1 aliphatic heterocycles. The fraction of sp³-hybridized carbons (Fsp3) is 0.385. The second-order valence-electron chi connectivity index (χ2n) is 4.55. The zero-order valence-corrected chi connectivity index (χ0v) is 10.3. The molecule has 0 bridgehead atoms. The van der Waals surface area contributed by atoms with E-state index in [1.54, 1.807) is 0 Å². The molecule has 1 fully saturated rings. The van der Waals surface area contributed by atoms with Crippen LogP contribution in [0.1, 0.15) is 28.8 Å². The number of rotatable bonds is 2. The van der Waals surface area contributed by atoms with Gasteiger partial charge in [0.15, 0.2) is 0 Å². The topological polar surface area (TPSA) is 57.6 Å². The van der Waals surface area contributed by atoms with Gasteiger partial charge >= 0.3 is 5.97 Å². The Morgan fingerprint density at radius 2 is 2.05 bits per heavy atom. The van der Waals surface area contributed by atoms with Crippen LogP contribution in [0.5, 0.6) is 0 Å². The zero-order valence-electron chi connectivity index (χ0n) is 10.3. The van der Waals surface area contributed by atoms with Gasteiger partial charge in [0, 0.05) is 6.54 Å². The van der Waals surface area contributed by atoms with Gasteiger partial charge in [0.1, 0.15) is 23.2 Å². The smallest absolute Gasteiger partial charge is 0.326 e. The molecular formula is C13H13F2NO3. The number of carbonyl (C=O) groups excluding carboxylic acids is 1. The molecule has 4 nitrogen and oxygen atoms in total. The Labute approximate surface area is 108 Å². The number of carboxylic acids is 1. The number of nitrogens with zero attached hydrogens (tertiary/aromatic N) is 1. The van der Waals surface area contributed by atoms with Gasteiger partial charge in [0.25, 0.3) is 5.91 Å². The monoisotopic (exact) mass is 269 g/mol. The largest absolute Gasteiger partial charge is 0.480 e. The van der Waals surface area contributed by atoms with Crippen LogP contribution >= 0.6 is 0 Å². The predicted molar refractivity (Wildman–Crippen MR) is 62.8 cm³/mol. The van der Waals surface area contributed by atoms with Gasteiger partial charge in [-0.05, 0) is 31.4 Å². The Hall–Kier alpha value is -1.98. The van der Waals surface area contributed by atoms with Crippen molar-refractivity contribution in [2.75, 3.05) is 6.54 Å². The van der Waals surface area contributed by atoms with E-state index in [-0.39, 0.29) is 12.1 Å². The number of halogens is 2. The van der Waals surface area contributed by atoms with Gasteiger partial charge in [-0.15, -0.1) is 0 Å². The number of hydrogen-bond acceptors (Lipinski definition) is 2. The molecule has 19 heavy (non-hydrogen) atoms. The normalized spacial score (nSPS) is 18.7. The van der Waals surface area contributed by atoms with Crippen LogP contribution in [0.25, 0.3) is 0 Å². The van der Waals surface area contributed by atoms with Crippen LogP contribution in [-0.2, 0) is 4.79 Å². The van der Waals surface area contributed by atoms with Crippen molar-refractivity contribution in [1.29, 1.82) is 0 Å². The molecule has 1 amide bonds. The highest BCUT2D eigenvalue weighted by Crippen LogP contribution is 2.24. The molecule has 1 aromatic rings. The fourth-order valence-corrected chi connectivity index (χ4v) is 2.26. The van der Waals surface area contributed by atoms with E-state index in [1.807, 2.05) is 0 Å². The maximum atomic E-state index is 13.9. The minimum atomic E-state index is -1.15. The minimum absolute atomic E-state index is 0.149. The highest BCUT2D eigenvalue weighted by Gasteiger charge is 2.36. The molecule has 102 valence electrons. The fourth-order valence-electron chi connectivity index (χ4n) is 2.26. The zero-order chi connectivity index (χ0) is 14.2. The molecule has 1 saturated heterocycles. The van der Waals surface area contributed by atoms with Gasteiger partial charge in [-0.2, -0.15) is 0 Å². The van der Waals surface area contributed by atoms with Crippen molar-refractivity contribution in [2.45, 2.75) is 25.8 Å². The van der Waals surface area contributed by atoms with E-state index in [1.165, 1.54) is 13.0 Å². The van der Waals surface area contributed by atoms with Crippen LogP contribution in [0.4, 0.5) is 8.78 Å². The molecule has 0 radical (unpaired) electrons. The van der Waals surface area contributed by atoms with Crippen LogP contribution in [-0.4, -0.2) is 34.5 Å². The summed E-state index contributed by atoms with van der Waals surface area (Å²) in [6.45, 7) is 1.62. The Balaban J connectivity index is 2.40. The maximum absolute atomic E-state index is 13.9. The molecule has 1 atom stereocenters. The first-order valence-electron chi connectivity index (χ1n) is 5.92. The highest BCUT2D eigenvalue weighted by atomic mass is 19.1. The molecule has 0 spiro atoms. The number of aryl methyl sites for hydroxylation is 1. The average Bonchev–Trinajstić information content (AvgIpc) is 2.83. The Kier molecular flexibility index (Phi) is 3.50. The second-order valence-corrected chi connectivity index (χ2v) is 4.55. The van der Waals surface area contributed by atoms with Gasteiger partial charge in [-0.25, -0.2) is 13.6 Å². The van der Waals surface area contributed by atoms with Crippen molar-refractivity contribution in [3.63, 3.8) is 0 Å². The van der Waals surface area contributed by atoms with Crippen molar-refractivity contribution in [1.82, 2.24) is 4.90 Å². The Morgan fingerprint density at radius 3 is 2.68 bits per heavy atom. The average molecular weight is 269 g/mol. The SMILES string of the molecule is Cc1ccc(F)c(C(=O)N2CCC[C@@H]2C(=O)O)c1F. The van der Waals surface area contributed by atoms with Crippen molar-refractivity contribution < 1.29 is 23.5 Å². The lowest BCUT2D eigenvalue weighted by Crippen LogP contribution is -2.41. The van der Waals surface area contributed by atoms with E-state index in [0.29, 0.717) is 12.8 Å². The van der Waals surface area contributed by atoms with Gasteiger partial charge in [0.05, 0.1) is 0 Å². The van der Waals surface area contributed by atoms with Crippen molar-refractivity contribution in [3.8, 4) is 0 Å². The van der Waals surface area contributed by atoms with Crippen LogP contribution in [0, 0.1) is 18.6 Å². The standard InChI is InChI=1S/C13H13F2NO3/c1-7-4-5-8(14)10(11(7)15)12(17)16-6-2-3-9(16)13(18)19/h4-5,9H,2-3,6H2,1H3,(H,18,19)/t9-/m1/s1. The maximum Gasteiger partial charge on any atom is 0.326 e. The van der Waals surface area contributed by atoms with Crippen LogP contribution in [0.3, 0.4) is 0 Å². The lowest BCUT2D eigenvalue weighted by molar-refractivity contribution is -0.141. The Bertz CT molecular complexity index is 545. The lowest BCUT2D eigenvalue weighted by atomic mass is 10.1. The molecule has 2 rings (SSSR count). The van der Waals surface area contributed by atoms with Crippen LogP contribution in [0.2, 0.25) is 0 Å². The van der Waals surface area contributed by atoms with E-state index < -0.39 is 35.1 Å². The molecule has 0 aromatic heterocycles. The molecule has 0 aliphatic carbocycles. The lowest BCUT2D eigenvalue weighted by Gasteiger charge is -2.22. The number of benzene rings is 1. The van der Waals surface area contributed by atoms with Gasteiger partial charge in [-0.3, -0.25) is 4.79 Å². The summed E-state index contributed by atoms with van der Waals surface area (Å²) in [5.74, 6) is -3.95.